The van der Waals surface area contributed by atoms with E-state index in [0.717, 1.165) is 5.56 Å². The van der Waals surface area contributed by atoms with Gasteiger partial charge in [0.15, 0.2) is 0 Å². The van der Waals surface area contributed by atoms with Gasteiger partial charge in [0.2, 0.25) is 0 Å². The van der Waals surface area contributed by atoms with Crippen molar-refractivity contribution in [3.05, 3.63) is 54.1 Å². The van der Waals surface area contributed by atoms with Crippen LogP contribution < -0.4 is 10.0 Å². The van der Waals surface area contributed by atoms with Gasteiger partial charge < -0.3 is 5.73 Å². The van der Waals surface area contributed by atoms with Crippen molar-refractivity contribution in [3.63, 3.8) is 0 Å². The number of nitrogens with two attached hydrogens (primary N) is 1. The van der Waals surface area contributed by atoms with Gasteiger partial charge in [-0.3, -0.25) is 4.31 Å². The molecule has 0 radical (unpaired) electrons. The maximum Gasteiger partial charge on any atom is 0.264 e. The van der Waals surface area contributed by atoms with Crippen molar-refractivity contribution in [2.45, 2.75) is 11.8 Å². The second-order valence-electron chi connectivity index (χ2n) is 4.38. The highest BCUT2D eigenvalue weighted by atomic mass is 32.2. The van der Waals surface area contributed by atoms with Crippen LogP contribution in [0.15, 0.2) is 53.4 Å². The molecule has 0 heterocycles. The fourth-order valence-electron chi connectivity index (χ4n) is 1.73. The molecular weight excluding hydrogens is 260 g/mol. The van der Waals surface area contributed by atoms with Crippen molar-refractivity contribution in [2.24, 2.45) is 0 Å². The van der Waals surface area contributed by atoms with Crippen molar-refractivity contribution < 1.29 is 8.42 Å². The second kappa shape index (κ2) is 4.93. The first-order valence-corrected chi connectivity index (χ1v) is 7.26. The Kier molecular flexibility index (Phi) is 3.48. The Morgan fingerprint density at radius 1 is 1.05 bits per heavy atom. The van der Waals surface area contributed by atoms with E-state index in [1.54, 1.807) is 48.5 Å². The molecule has 0 aliphatic carbocycles. The molecule has 0 aromatic heterocycles. The number of aryl methyl sites for hydroxylation is 1. The second-order valence-corrected chi connectivity index (χ2v) is 6.35. The van der Waals surface area contributed by atoms with Gasteiger partial charge in [-0.25, -0.2) is 8.42 Å². The number of sulfonamides is 1. The molecule has 2 rings (SSSR count). The summed E-state index contributed by atoms with van der Waals surface area (Å²) < 4.78 is 26.1. The highest BCUT2D eigenvalue weighted by molar-refractivity contribution is 7.92. The van der Waals surface area contributed by atoms with Crippen molar-refractivity contribution in [2.75, 3.05) is 17.1 Å². The van der Waals surface area contributed by atoms with Crippen LogP contribution in [-0.4, -0.2) is 15.5 Å². The Balaban J connectivity index is 2.42. The Bertz CT molecular complexity index is 679. The van der Waals surface area contributed by atoms with Gasteiger partial charge in [0, 0.05) is 12.7 Å². The van der Waals surface area contributed by atoms with Gasteiger partial charge in [0.05, 0.1) is 10.6 Å². The molecule has 0 aliphatic heterocycles. The number of hydrogen-bond donors (Lipinski definition) is 1. The summed E-state index contributed by atoms with van der Waals surface area (Å²) in [6, 6.07) is 13.6. The fourth-order valence-corrected chi connectivity index (χ4v) is 2.92. The third-order valence-corrected chi connectivity index (χ3v) is 4.71. The molecule has 0 bridgehead atoms. The van der Waals surface area contributed by atoms with Gasteiger partial charge in [-0.2, -0.15) is 0 Å². The van der Waals surface area contributed by atoms with Gasteiger partial charge in [-0.05, 0) is 37.3 Å². The van der Waals surface area contributed by atoms with Crippen molar-refractivity contribution >= 4 is 21.4 Å². The van der Waals surface area contributed by atoms with Crippen LogP contribution in [-0.2, 0) is 10.0 Å². The van der Waals surface area contributed by atoms with E-state index < -0.39 is 10.0 Å². The first kappa shape index (κ1) is 13.4. The minimum Gasteiger partial charge on any atom is -0.399 e. The lowest BCUT2D eigenvalue weighted by atomic mass is 10.2. The Morgan fingerprint density at radius 3 is 2.26 bits per heavy atom. The van der Waals surface area contributed by atoms with Gasteiger partial charge in [0.25, 0.3) is 10.0 Å². The average molecular weight is 276 g/mol. The Labute approximate surface area is 113 Å². The maximum absolute atomic E-state index is 12.4. The largest absolute Gasteiger partial charge is 0.399 e. The monoisotopic (exact) mass is 276 g/mol. The SMILES string of the molecule is Cc1ccc(S(=O)(=O)N(C)c2cccc(N)c2)cc1. The first-order valence-electron chi connectivity index (χ1n) is 5.82. The maximum atomic E-state index is 12.4. The molecule has 0 aliphatic rings. The number of nitrogens with zero attached hydrogens (tertiary/aromatic N) is 1. The molecular formula is C14H16N2O2S. The van der Waals surface area contributed by atoms with Crippen LogP contribution in [0.3, 0.4) is 0 Å². The highest BCUT2D eigenvalue weighted by Crippen LogP contribution is 2.23. The lowest BCUT2D eigenvalue weighted by molar-refractivity contribution is 0.594. The summed E-state index contributed by atoms with van der Waals surface area (Å²) in [6.45, 7) is 1.91. The van der Waals surface area contributed by atoms with Crippen molar-refractivity contribution in [1.29, 1.82) is 0 Å². The minimum atomic E-state index is -3.55. The molecule has 4 nitrogen and oxygen atoms in total. The van der Waals surface area contributed by atoms with Crippen LogP contribution in [0.1, 0.15) is 5.56 Å². The Morgan fingerprint density at radius 2 is 1.68 bits per heavy atom. The van der Waals surface area contributed by atoms with Crippen LogP contribution in [0.25, 0.3) is 0 Å². The molecule has 0 atom stereocenters. The highest BCUT2D eigenvalue weighted by Gasteiger charge is 2.20. The lowest BCUT2D eigenvalue weighted by Crippen LogP contribution is -2.26. The summed E-state index contributed by atoms with van der Waals surface area (Å²) >= 11 is 0. The van der Waals surface area contributed by atoms with Gasteiger partial charge in [0.1, 0.15) is 0 Å². The van der Waals surface area contributed by atoms with E-state index >= 15 is 0 Å². The summed E-state index contributed by atoms with van der Waals surface area (Å²) in [7, 11) is -2.03. The van der Waals surface area contributed by atoms with Crippen LogP contribution in [0.4, 0.5) is 11.4 Å². The summed E-state index contributed by atoms with van der Waals surface area (Å²) in [6.07, 6.45) is 0. The predicted molar refractivity (Wildman–Crippen MR) is 77.6 cm³/mol. The third-order valence-electron chi connectivity index (χ3n) is 2.91. The van der Waals surface area contributed by atoms with E-state index in [-0.39, 0.29) is 4.90 Å². The minimum absolute atomic E-state index is 0.267. The smallest absolute Gasteiger partial charge is 0.264 e. The zero-order valence-electron chi connectivity index (χ0n) is 10.9. The third kappa shape index (κ3) is 2.71. The van der Waals surface area contributed by atoms with Gasteiger partial charge >= 0.3 is 0 Å². The van der Waals surface area contributed by atoms with E-state index in [4.69, 9.17) is 5.73 Å². The van der Waals surface area contributed by atoms with E-state index in [0.29, 0.717) is 11.4 Å². The van der Waals surface area contributed by atoms with Crippen LogP contribution in [0.5, 0.6) is 0 Å². The van der Waals surface area contributed by atoms with E-state index in [9.17, 15) is 8.42 Å². The average Bonchev–Trinajstić information content (AvgIpc) is 2.38. The standard InChI is InChI=1S/C14H16N2O2S/c1-11-6-8-14(9-7-11)19(17,18)16(2)13-5-3-4-12(15)10-13/h3-10H,15H2,1-2H3. The molecule has 0 fully saturated rings. The topological polar surface area (TPSA) is 63.4 Å². The molecule has 0 saturated carbocycles. The molecule has 2 N–H and O–H groups in total. The normalized spacial score (nSPS) is 11.3. The summed E-state index contributed by atoms with van der Waals surface area (Å²) in [5, 5.41) is 0. The molecule has 19 heavy (non-hydrogen) atoms. The summed E-state index contributed by atoms with van der Waals surface area (Å²) in [4.78, 5) is 0.267. The first-order chi connectivity index (χ1) is 8.91. The lowest BCUT2D eigenvalue weighted by Gasteiger charge is -2.19. The number of anilines is 2. The number of hydrogen-bond acceptors (Lipinski definition) is 3. The number of benzene rings is 2. The Hall–Kier alpha value is -2.01. The molecule has 0 saturated heterocycles. The number of nitrogen functional groups attached to an aromatic ring is 1. The molecule has 5 heteroatoms. The molecule has 2 aromatic rings. The molecule has 0 unspecified atom stereocenters. The van der Waals surface area contributed by atoms with Crippen LogP contribution in [0.2, 0.25) is 0 Å². The number of rotatable bonds is 3. The van der Waals surface area contributed by atoms with Crippen LogP contribution >= 0.6 is 0 Å². The van der Waals surface area contributed by atoms with Gasteiger partial charge in [-0.1, -0.05) is 23.8 Å². The van der Waals surface area contributed by atoms with E-state index in [1.807, 2.05) is 6.92 Å². The molecule has 100 valence electrons. The van der Waals surface area contributed by atoms with E-state index in [2.05, 4.69) is 0 Å². The summed E-state index contributed by atoms with van der Waals surface area (Å²) in [5.74, 6) is 0. The zero-order chi connectivity index (χ0) is 14.0. The van der Waals surface area contributed by atoms with Crippen molar-refractivity contribution in [3.8, 4) is 0 Å². The van der Waals surface area contributed by atoms with Gasteiger partial charge in [-0.15, -0.1) is 0 Å². The van der Waals surface area contributed by atoms with Crippen molar-refractivity contribution in [1.82, 2.24) is 0 Å². The fraction of sp³-hybridized carbons (Fsp3) is 0.143. The quantitative estimate of drug-likeness (QED) is 0.876. The molecule has 2 aromatic carbocycles. The molecule has 0 spiro atoms. The zero-order valence-corrected chi connectivity index (χ0v) is 11.7. The summed E-state index contributed by atoms with van der Waals surface area (Å²) in [5.41, 5.74) is 7.77. The van der Waals surface area contributed by atoms with Crippen LogP contribution in [0, 0.1) is 6.92 Å². The molecule has 0 amide bonds. The van der Waals surface area contributed by atoms with E-state index in [1.165, 1.54) is 11.4 Å². The predicted octanol–water partition coefficient (Wildman–Crippen LogP) is 2.40.